The molecule has 0 saturated heterocycles. The Morgan fingerprint density at radius 1 is 1.73 bits per heavy atom. The summed E-state index contributed by atoms with van der Waals surface area (Å²) in [4.78, 5) is 24.4. The van der Waals surface area contributed by atoms with E-state index in [9.17, 15) is 14.9 Å². The average Bonchev–Trinajstić information content (AvgIpc) is 2.41. The number of imidazole rings is 1. The summed E-state index contributed by atoms with van der Waals surface area (Å²) in [6.07, 6.45) is 0. The highest BCUT2D eigenvalue weighted by atomic mass is 16.6. The minimum Gasteiger partial charge on any atom is -0.459 e. The van der Waals surface area contributed by atoms with E-state index in [0.29, 0.717) is 5.72 Å². The van der Waals surface area contributed by atoms with Crippen molar-refractivity contribution < 1.29 is 14.5 Å². The Labute approximate surface area is 86.6 Å². The number of hydrogen-bond donors (Lipinski definition) is 0. The molecule has 0 unspecified atom stereocenters. The van der Waals surface area contributed by atoms with Gasteiger partial charge in [-0.05, 0) is 9.91 Å². The standard InChI is InChI=1S/C7H10BN3O4/c1-4(12)15-3-5-6(11(13)14)9-7(8)10(5)2/h3,8H2,1-2H3. The van der Waals surface area contributed by atoms with E-state index in [0.717, 1.165) is 0 Å². The Morgan fingerprint density at radius 2 is 2.33 bits per heavy atom. The number of aromatic nitrogens is 2. The lowest BCUT2D eigenvalue weighted by molar-refractivity contribution is -0.390. The van der Waals surface area contributed by atoms with Gasteiger partial charge in [-0.2, -0.15) is 0 Å². The maximum Gasteiger partial charge on any atom is 0.387 e. The van der Waals surface area contributed by atoms with Crippen molar-refractivity contribution in [2.75, 3.05) is 0 Å². The van der Waals surface area contributed by atoms with Crippen LogP contribution >= 0.6 is 0 Å². The molecular formula is C7H10BN3O4. The number of ether oxygens (including phenoxy) is 1. The number of esters is 1. The molecule has 0 aliphatic carbocycles. The smallest absolute Gasteiger partial charge is 0.387 e. The maximum atomic E-state index is 10.6. The van der Waals surface area contributed by atoms with E-state index in [-0.39, 0.29) is 18.1 Å². The zero-order chi connectivity index (χ0) is 11.6. The topological polar surface area (TPSA) is 87.3 Å². The Kier molecular flexibility index (Phi) is 3.08. The summed E-state index contributed by atoms with van der Waals surface area (Å²) < 4.78 is 6.24. The molecule has 1 aromatic rings. The molecular weight excluding hydrogens is 201 g/mol. The number of carbonyl (C=O) groups is 1. The number of nitro groups is 1. The van der Waals surface area contributed by atoms with Gasteiger partial charge in [0.05, 0.1) is 0 Å². The van der Waals surface area contributed by atoms with E-state index in [1.54, 1.807) is 14.9 Å². The highest BCUT2D eigenvalue weighted by molar-refractivity contribution is 6.29. The van der Waals surface area contributed by atoms with E-state index in [2.05, 4.69) is 4.98 Å². The van der Waals surface area contributed by atoms with Gasteiger partial charge in [-0.1, -0.05) is 0 Å². The molecule has 7 nitrogen and oxygen atoms in total. The summed E-state index contributed by atoms with van der Waals surface area (Å²) in [7, 11) is 3.28. The zero-order valence-corrected chi connectivity index (χ0v) is 8.68. The van der Waals surface area contributed by atoms with E-state index in [1.807, 2.05) is 0 Å². The lowest BCUT2D eigenvalue weighted by Gasteiger charge is -2.02. The molecule has 0 amide bonds. The third kappa shape index (κ3) is 2.33. The van der Waals surface area contributed by atoms with E-state index in [4.69, 9.17) is 4.74 Å². The molecule has 8 heteroatoms. The van der Waals surface area contributed by atoms with Crippen LogP contribution in [0.5, 0.6) is 0 Å². The summed E-state index contributed by atoms with van der Waals surface area (Å²) in [6, 6.07) is 0. The molecule has 1 heterocycles. The van der Waals surface area contributed by atoms with E-state index < -0.39 is 10.9 Å². The summed E-state index contributed by atoms with van der Waals surface area (Å²) >= 11 is 0. The van der Waals surface area contributed by atoms with Gasteiger partial charge in [-0.3, -0.25) is 4.79 Å². The normalized spacial score (nSPS) is 10.0. The number of hydrogen-bond acceptors (Lipinski definition) is 5. The summed E-state index contributed by atoms with van der Waals surface area (Å²) in [5.74, 6) is -0.751. The lowest BCUT2D eigenvalue weighted by Crippen LogP contribution is -2.17. The van der Waals surface area contributed by atoms with E-state index in [1.165, 1.54) is 11.5 Å². The molecule has 0 radical (unpaired) electrons. The van der Waals surface area contributed by atoms with Crippen LogP contribution in [0.3, 0.4) is 0 Å². The van der Waals surface area contributed by atoms with Crippen LogP contribution in [0.15, 0.2) is 0 Å². The van der Waals surface area contributed by atoms with Crippen LogP contribution in [0.25, 0.3) is 0 Å². The fraction of sp³-hybridized carbons (Fsp3) is 0.429. The van der Waals surface area contributed by atoms with Crippen molar-refractivity contribution in [3.05, 3.63) is 15.8 Å². The minimum absolute atomic E-state index is 0.136. The minimum atomic E-state index is -0.591. The van der Waals surface area contributed by atoms with Crippen LogP contribution in [-0.2, 0) is 23.2 Å². The van der Waals surface area contributed by atoms with Crippen molar-refractivity contribution in [2.45, 2.75) is 13.5 Å². The SMILES string of the molecule is Bc1nc([N+](=O)[O-])c(COC(C)=O)n1C. The summed E-state index contributed by atoms with van der Waals surface area (Å²) in [5, 5.41) is 10.6. The molecule has 0 N–H and O–H groups in total. The van der Waals surface area contributed by atoms with Gasteiger partial charge in [0.25, 0.3) is 0 Å². The van der Waals surface area contributed by atoms with Crippen LogP contribution in [0.1, 0.15) is 12.6 Å². The highest BCUT2D eigenvalue weighted by Gasteiger charge is 2.23. The van der Waals surface area contributed by atoms with Crippen LogP contribution in [0.2, 0.25) is 0 Å². The van der Waals surface area contributed by atoms with Crippen LogP contribution in [-0.4, -0.2) is 28.3 Å². The first-order valence-corrected chi connectivity index (χ1v) is 4.23. The molecule has 0 saturated carbocycles. The average molecular weight is 211 g/mol. The van der Waals surface area contributed by atoms with Gasteiger partial charge >= 0.3 is 11.8 Å². The van der Waals surface area contributed by atoms with Gasteiger partial charge < -0.3 is 19.4 Å². The Bertz CT molecular complexity index is 415. The molecule has 1 rings (SSSR count). The number of carbonyl (C=O) groups excluding carboxylic acids is 1. The van der Waals surface area contributed by atoms with Gasteiger partial charge in [0.2, 0.25) is 7.85 Å². The quantitative estimate of drug-likeness (QED) is 0.267. The molecule has 0 aliphatic rings. The van der Waals surface area contributed by atoms with Crippen molar-refractivity contribution in [3.63, 3.8) is 0 Å². The van der Waals surface area contributed by atoms with Crippen molar-refractivity contribution in [1.29, 1.82) is 0 Å². The van der Waals surface area contributed by atoms with Gasteiger partial charge in [0.1, 0.15) is 6.61 Å². The third-order valence-corrected chi connectivity index (χ3v) is 2.00. The molecule has 0 spiro atoms. The van der Waals surface area contributed by atoms with Crippen molar-refractivity contribution in [1.82, 2.24) is 9.55 Å². The van der Waals surface area contributed by atoms with Crippen molar-refractivity contribution >= 4 is 25.4 Å². The van der Waals surface area contributed by atoms with Gasteiger partial charge in [-0.25, -0.2) is 0 Å². The highest BCUT2D eigenvalue weighted by Crippen LogP contribution is 2.14. The first-order chi connectivity index (χ1) is 6.93. The number of nitrogens with zero attached hydrogens (tertiary/aromatic N) is 3. The fourth-order valence-corrected chi connectivity index (χ4v) is 1.12. The van der Waals surface area contributed by atoms with Crippen molar-refractivity contribution in [3.8, 4) is 0 Å². The van der Waals surface area contributed by atoms with Crippen molar-refractivity contribution in [2.24, 2.45) is 7.05 Å². The Morgan fingerprint density at radius 3 is 2.80 bits per heavy atom. The summed E-state index contributed by atoms with van der Waals surface area (Å²) in [5.41, 5.74) is 0.788. The zero-order valence-electron chi connectivity index (χ0n) is 8.68. The Balaban J connectivity index is 3.02. The van der Waals surface area contributed by atoms with E-state index >= 15 is 0 Å². The molecule has 15 heavy (non-hydrogen) atoms. The van der Waals surface area contributed by atoms with Gasteiger partial charge in [-0.15, -0.1) is 0 Å². The fourth-order valence-electron chi connectivity index (χ4n) is 1.12. The number of rotatable bonds is 3. The Hall–Kier alpha value is -1.86. The largest absolute Gasteiger partial charge is 0.459 e. The molecule has 80 valence electrons. The van der Waals surface area contributed by atoms with Crippen LogP contribution in [0, 0.1) is 10.1 Å². The first-order valence-electron chi connectivity index (χ1n) is 4.23. The molecule has 0 aliphatic heterocycles. The second-order valence-corrected chi connectivity index (χ2v) is 3.03. The maximum absolute atomic E-state index is 10.6. The van der Waals surface area contributed by atoms with Crippen LogP contribution in [0.4, 0.5) is 5.82 Å². The predicted octanol–water partition coefficient (Wildman–Crippen LogP) is -1.35. The third-order valence-electron chi connectivity index (χ3n) is 2.00. The first kappa shape index (κ1) is 11.2. The second-order valence-electron chi connectivity index (χ2n) is 3.03. The lowest BCUT2D eigenvalue weighted by atomic mass is 10.1. The summed E-state index contributed by atoms with van der Waals surface area (Å²) in [6.45, 7) is 1.11. The second kappa shape index (κ2) is 4.12. The molecule has 0 fully saturated rings. The predicted molar refractivity (Wildman–Crippen MR) is 53.5 cm³/mol. The molecule has 1 aromatic heterocycles. The molecule has 0 aromatic carbocycles. The molecule has 0 atom stereocenters. The van der Waals surface area contributed by atoms with Gasteiger partial charge in [0.15, 0.2) is 11.4 Å². The van der Waals surface area contributed by atoms with Crippen LogP contribution < -0.4 is 5.72 Å². The molecule has 0 bridgehead atoms. The monoisotopic (exact) mass is 211 g/mol. The van der Waals surface area contributed by atoms with Gasteiger partial charge in [0, 0.05) is 14.0 Å².